The van der Waals surface area contributed by atoms with Crippen molar-refractivity contribution in [1.82, 2.24) is 19.9 Å². The number of aryl methyl sites for hydroxylation is 1. The highest BCUT2D eigenvalue weighted by atomic mass is 35.5. The van der Waals surface area contributed by atoms with Gasteiger partial charge in [0.1, 0.15) is 11.7 Å². The first-order valence-corrected chi connectivity index (χ1v) is 7.55. The molecule has 0 fully saturated rings. The predicted molar refractivity (Wildman–Crippen MR) is 88.4 cm³/mol. The number of amides is 1. The van der Waals surface area contributed by atoms with E-state index in [2.05, 4.69) is 15.6 Å². The summed E-state index contributed by atoms with van der Waals surface area (Å²) in [5.74, 6) is -0.0709. The first-order chi connectivity index (χ1) is 11.1. The van der Waals surface area contributed by atoms with Gasteiger partial charge in [-0.3, -0.25) is 4.79 Å². The average Bonchev–Trinajstić information content (AvgIpc) is 2.93. The minimum atomic E-state index is -0.294. The summed E-state index contributed by atoms with van der Waals surface area (Å²) < 4.78 is 1.72. The number of fused-ring (bicyclic) bond motifs is 2. The fourth-order valence-corrected chi connectivity index (χ4v) is 3.19. The van der Waals surface area contributed by atoms with Gasteiger partial charge in [-0.2, -0.15) is 0 Å². The highest BCUT2D eigenvalue weighted by Crippen LogP contribution is 2.35. The van der Waals surface area contributed by atoms with E-state index >= 15 is 0 Å². The van der Waals surface area contributed by atoms with Crippen LogP contribution < -0.4 is 5.32 Å². The third-order valence-electron chi connectivity index (χ3n) is 4.16. The summed E-state index contributed by atoms with van der Waals surface area (Å²) in [5.41, 5.74) is 4.00. The molecule has 0 saturated carbocycles. The summed E-state index contributed by atoms with van der Waals surface area (Å²) in [4.78, 5) is 14.4. The monoisotopic (exact) mass is 327 g/mol. The van der Waals surface area contributed by atoms with Gasteiger partial charge in [0.05, 0.1) is 11.1 Å². The van der Waals surface area contributed by atoms with Gasteiger partial charge in [-0.25, -0.2) is 4.68 Å². The van der Waals surface area contributed by atoms with Crippen LogP contribution in [-0.4, -0.2) is 32.8 Å². The van der Waals surface area contributed by atoms with Crippen LogP contribution in [0.1, 0.15) is 22.1 Å². The minimum absolute atomic E-state index is 0.0709. The Labute approximate surface area is 137 Å². The van der Waals surface area contributed by atoms with E-state index in [0.29, 0.717) is 10.6 Å². The van der Waals surface area contributed by atoms with Crippen molar-refractivity contribution < 1.29 is 4.79 Å². The van der Waals surface area contributed by atoms with E-state index in [-0.39, 0.29) is 12.1 Å². The van der Waals surface area contributed by atoms with E-state index in [1.807, 2.05) is 31.3 Å². The second kappa shape index (κ2) is 4.96. The molecule has 7 heteroatoms. The molecule has 4 rings (SSSR count). The zero-order valence-electron chi connectivity index (χ0n) is 12.6. The maximum atomic E-state index is 12.7. The molecule has 6 nitrogen and oxygen atoms in total. The molecule has 3 aromatic rings. The maximum absolute atomic E-state index is 12.7. The topological polar surface area (TPSA) is 63.1 Å². The lowest BCUT2D eigenvalue weighted by atomic mass is 10.0. The number of hydrogen-bond donors (Lipinski definition) is 1. The maximum Gasteiger partial charge on any atom is 0.257 e. The summed E-state index contributed by atoms with van der Waals surface area (Å²) in [7, 11) is 3.61. The van der Waals surface area contributed by atoms with E-state index in [1.54, 1.807) is 28.8 Å². The molecule has 23 heavy (non-hydrogen) atoms. The van der Waals surface area contributed by atoms with Crippen LogP contribution in [0.5, 0.6) is 0 Å². The standard InChI is InChI=1S/C16H14ClN5O/c1-21-15(10-4-3-5-13-14(10)22(2)20-19-13)18-12-7-6-9(17)8-11(12)16(21)23/h3-8,15,18H,1-2H3. The molecule has 1 aromatic heterocycles. The number of nitrogens with one attached hydrogen (secondary N) is 1. The van der Waals surface area contributed by atoms with Crippen molar-refractivity contribution >= 4 is 34.2 Å². The van der Waals surface area contributed by atoms with Gasteiger partial charge < -0.3 is 10.2 Å². The smallest absolute Gasteiger partial charge is 0.257 e. The van der Waals surface area contributed by atoms with Gasteiger partial charge in [0.15, 0.2) is 0 Å². The van der Waals surface area contributed by atoms with Crippen molar-refractivity contribution in [2.45, 2.75) is 6.17 Å². The summed E-state index contributed by atoms with van der Waals surface area (Å²) in [5, 5.41) is 12.2. The lowest BCUT2D eigenvalue weighted by Gasteiger charge is -2.35. The first kappa shape index (κ1) is 14.0. The number of benzene rings is 2. The molecule has 0 bridgehead atoms. The Morgan fingerprint density at radius 3 is 2.87 bits per heavy atom. The molecule has 1 N–H and O–H groups in total. The van der Waals surface area contributed by atoms with Crippen LogP contribution in [0.3, 0.4) is 0 Å². The molecule has 1 aliphatic heterocycles. The van der Waals surface area contributed by atoms with Crippen LogP contribution in [0.2, 0.25) is 5.02 Å². The summed E-state index contributed by atoms with van der Waals surface area (Å²) >= 11 is 6.01. The molecule has 2 aromatic carbocycles. The average molecular weight is 328 g/mol. The number of halogens is 1. The summed E-state index contributed by atoms with van der Waals surface area (Å²) in [6.45, 7) is 0. The predicted octanol–water partition coefficient (Wildman–Crippen LogP) is 2.82. The second-order valence-corrected chi connectivity index (χ2v) is 6.02. The molecular formula is C16H14ClN5O. The lowest BCUT2D eigenvalue weighted by Crippen LogP contribution is -2.40. The molecule has 1 aliphatic rings. The van der Waals surface area contributed by atoms with Gasteiger partial charge in [-0.05, 0) is 24.3 Å². The Morgan fingerprint density at radius 2 is 2.04 bits per heavy atom. The minimum Gasteiger partial charge on any atom is -0.361 e. The van der Waals surface area contributed by atoms with Crippen LogP contribution in [-0.2, 0) is 7.05 Å². The number of carbonyl (C=O) groups excluding carboxylic acids is 1. The molecular weight excluding hydrogens is 314 g/mol. The number of nitrogens with zero attached hydrogens (tertiary/aromatic N) is 4. The number of rotatable bonds is 1. The summed E-state index contributed by atoms with van der Waals surface area (Å²) in [6, 6.07) is 11.1. The Kier molecular flexibility index (Phi) is 3.02. The molecule has 1 unspecified atom stereocenters. The summed E-state index contributed by atoms with van der Waals surface area (Å²) in [6.07, 6.45) is -0.294. The Balaban J connectivity index is 1.88. The highest BCUT2D eigenvalue weighted by molar-refractivity contribution is 6.31. The van der Waals surface area contributed by atoms with Gasteiger partial charge in [0.25, 0.3) is 5.91 Å². The molecule has 2 heterocycles. The van der Waals surface area contributed by atoms with Gasteiger partial charge in [-0.15, -0.1) is 5.10 Å². The van der Waals surface area contributed by atoms with Gasteiger partial charge in [-0.1, -0.05) is 28.9 Å². The Morgan fingerprint density at radius 1 is 1.22 bits per heavy atom. The SMILES string of the molecule is CN1C(=O)c2cc(Cl)ccc2NC1c1cccc2nnn(C)c12. The number of hydrogen-bond acceptors (Lipinski definition) is 4. The van der Waals surface area contributed by atoms with Crippen LogP contribution in [0.25, 0.3) is 11.0 Å². The Hall–Kier alpha value is -2.60. The molecule has 0 aliphatic carbocycles. The number of para-hydroxylation sites is 1. The van der Waals surface area contributed by atoms with Crippen LogP contribution in [0.15, 0.2) is 36.4 Å². The quantitative estimate of drug-likeness (QED) is 0.746. The molecule has 0 radical (unpaired) electrons. The van der Waals surface area contributed by atoms with Gasteiger partial charge >= 0.3 is 0 Å². The number of aromatic nitrogens is 3. The van der Waals surface area contributed by atoms with Gasteiger partial charge in [0, 0.05) is 30.4 Å². The third-order valence-corrected chi connectivity index (χ3v) is 4.40. The van der Waals surface area contributed by atoms with Gasteiger partial charge in [0.2, 0.25) is 0 Å². The van der Waals surface area contributed by atoms with Crippen LogP contribution in [0.4, 0.5) is 5.69 Å². The molecule has 0 spiro atoms. The fraction of sp³-hybridized carbons (Fsp3) is 0.188. The molecule has 0 saturated heterocycles. The molecule has 1 amide bonds. The van der Waals surface area contributed by atoms with Crippen LogP contribution in [0, 0.1) is 0 Å². The van der Waals surface area contributed by atoms with Crippen LogP contribution >= 0.6 is 11.6 Å². The fourth-order valence-electron chi connectivity index (χ4n) is 3.02. The third kappa shape index (κ3) is 2.06. The first-order valence-electron chi connectivity index (χ1n) is 7.18. The van der Waals surface area contributed by atoms with Crippen molar-refractivity contribution in [3.8, 4) is 0 Å². The lowest BCUT2D eigenvalue weighted by molar-refractivity contribution is 0.0736. The van der Waals surface area contributed by atoms with E-state index in [0.717, 1.165) is 22.3 Å². The number of carbonyl (C=O) groups is 1. The Bertz CT molecular complexity index is 935. The largest absolute Gasteiger partial charge is 0.361 e. The normalized spacial score (nSPS) is 17.3. The van der Waals surface area contributed by atoms with Crippen molar-refractivity contribution in [2.24, 2.45) is 7.05 Å². The van der Waals surface area contributed by atoms with Crippen molar-refractivity contribution in [2.75, 3.05) is 12.4 Å². The van der Waals surface area contributed by atoms with Crippen molar-refractivity contribution in [3.05, 3.63) is 52.5 Å². The van der Waals surface area contributed by atoms with E-state index in [9.17, 15) is 4.79 Å². The van der Waals surface area contributed by atoms with E-state index in [4.69, 9.17) is 11.6 Å². The van der Waals surface area contributed by atoms with Crippen molar-refractivity contribution in [3.63, 3.8) is 0 Å². The van der Waals surface area contributed by atoms with E-state index < -0.39 is 0 Å². The zero-order chi connectivity index (χ0) is 16.1. The molecule has 116 valence electrons. The second-order valence-electron chi connectivity index (χ2n) is 5.58. The number of anilines is 1. The highest BCUT2D eigenvalue weighted by Gasteiger charge is 2.32. The zero-order valence-corrected chi connectivity index (χ0v) is 13.4. The van der Waals surface area contributed by atoms with Crippen molar-refractivity contribution in [1.29, 1.82) is 0 Å². The molecule has 1 atom stereocenters. The van der Waals surface area contributed by atoms with E-state index in [1.165, 1.54) is 0 Å².